The number of nitrogens with zero attached hydrogens (tertiary/aromatic N) is 1. The van der Waals surface area contributed by atoms with Crippen molar-refractivity contribution in [2.75, 3.05) is 18.5 Å². The molecule has 92 valence electrons. The van der Waals surface area contributed by atoms with Crippen LogP contribution in [0.3, 0.4) is 0 Å². The highest BCUT2D eigenvalue weighted by Crippen LogP contribution is 2.34. The number of ether oxygens (including phenoxy) is 1. The second kappa shape index (κ2) is 5.69. The van der Waals surface area contributed by atoms with Crippen LogP contribution in [0.4, 0.5) is 5.13 Å². The number of benzene rings is 1. The molecule has 1 heterocycles. The summed E-state index contributed by atoms with van der Waals surface area (Å²) in [6, 6.07) is 4.01. The average Bonchev–Trinajstić information content (AvgIpc) is 2.70. The van der Waals surface area contributed by atoms with Gasteiger partial charge in [-0.1, -0.05) is 18.3 Å². The number of anilines is 1. The molecule has 0 atom stereocenters. The number of thiazole rings is 1. The third-order valence-corrected chi connectivity index (χ3v) is 3.82. The van der Waals surface area contributed by atoms with Gasteiger partial charge in [-0.05, 0) is 41.4 Å². The topological polar surface area (TPSA) is 34.2 Å². The lowest BCUT2D eigenvalue weighted by molar-refractivity contribution is 0.340. The first kappa shape index (κ1) is 12.6. The molecule has 5 heteroatoms. The molecule has 3 nitrogen and oxygen atoms in total. The largest absolute Gasteiger partial charge is 0.494 e. The van der Waals surface area contributed by atoms with Crippen LogP contribution in [-0.4, -0.2) is 18.1 Å². The van der Waals surface area contributed by atoms with E-state index < -0.39 is 0 Å². The van der Waals surface area contributed by atoms with Crippen LogP contribution in [0.1, 0.15) is 20.3 Å². The van der Waals surface area contributed by atoms with Crippen molar-refractivity contribution >= 4 is 42.6 Å². The Kier molecular flexibility index (Phi) is 4.23. The van der Waals surface area contributed by atoms with E-state index in [1.807, 2.05) is 19.1 Å². The van der Waals surface area contributed by atoms with E-state index in [2.05, 4.69) is 33.2 Å². The first-order valence-corrected chi connectivity index (χ1v) is 7.32. The second-order valence-corrected chi connectivity index (χ2v) is 5.52. The minimum Gasteiger partial charge on any atom is -0.494 e. The van der Waals surface area contributed by atoms with E-state index in [4.69, 9.17) is 4.74 Å². The fourth-order valence-corrected chi connectivity index (χ4v) is 3.13. The summed E-state index contributed by atoms with van der Waals surface area (Å²) in [7, 11) is 0. The highest BCUT2D eigenvalue weighted by atomic mass is 79.9. The van der Waals surface area contributed by atoms with Crippen LogP contribution < -0.4 is 10.1 Å². The van der Waals surface area contributed by atoms with Crippen LogP contribution in [-0.2, 0) is 0 Å². The van der Waals surface area contributed by atoms with Crippen molar-refractivity contribution in [3.05, 3.63) is 16.6 Å². The van der Waals surface area contributed by atoms with Crippen molar-refractivity contribution in [2.45, 2.75) is 20.3 Å². The summed E-state index contributed by atoms with van der Waals surface area (Å²) in [5.41, 5.74) is 0.997. The zero-order chi connectivity index (χ0) is 12.3. The molecule has 2 aromatic rings. The van der Waals surface area contributed by atoms with E-state index in [9.17, 15) is 0 Å². The number of hydrogen-bond donors (Lipinski definition) is 1. The van der Waals surface area contributed by atoms with E-state index in [1.54, 1.807) is 11.3 Å². The van der Waals surface area contributed by atoms with Crippen molar-refractivity contribution in [3.8, 4) is 5.75 Å². The molecule has 1 N–H and O–H groups in total. The summed E-state index contributed by atoms with van der Waals surface area (Å²) in [6.45, 7) is 5.76. The van der Waals surface area contributed by atoms with Crippen LogP contribution in [0, 0.1) is 0 Å². The van der Waals surface area contributed by atoms with Crippen molar-refractivity contribution in [1.82, 2.24) is 4.98 Å². The van der Waals surface area contributed by atoms with Gasteiger partial charge in [-0.25, -0.2) is 4.98 Å². The molecule has 0 saturated carbocycles. The number of hydrogen-bond acceptors (Lipinski definition) is 4. The molecular weight excluding hydrogens is 300 g/mol. The molecule has 0 unspecified atom stereocenters. The smallest absolute Gasteiger partial charge is 0.183 e. The van der Waals surface area contributed by atoms with Gasteiger partial charge in [0.15, 0.2) is 5.13 Å². The first-order valence-electron chi connectivity index (χ1n) is 5.71. The van der Waals surface area contributed by atoms with Gasteiger partial charge in [0, 0.05) is 11.0 Å². The van der Waals surface area contributed by atoms with E-state index in [-0.39, 0.29) is 0 Å². The molecule has 0 aliphatic rings. The molecular formula is C12H15BrN2OS. The molecule has 0 amide bonds. The maximum absolute atomic E-state index is 5.51. The Morgan fingerprint density at radius 3 is 2.94 bits per heavy atom. The quantitative estimate of drug-likeness (QED) is 0.894. The predicted octanol–water partition coefficient (Wildman–Crippen LogP) is 4.28. The summed E-state index contributed by atoms with van der Waals surface area (Å²) in [4.78, 5) is 4.56. The number of fused-ring (bicyclic) bond motifs is 1. The number of rotatable bonds is 5. The highest BCUT2D eigenvalue weighted by Gasteiger charge is 2.09. The maximum atomic E-state index is 5.51. The van der Waals surface area contributed by atoms with Gasteiger partial charge < -0.3 is 10.1 Å². The third-order valence-electron chi connectivity index (χ3n) is 2.26. The Labute approximate surface area is 113 Å². The molecule has 0 saturated heterocycles. The van der Waals surface area contributed by atoms with E-state index in [0.717, 1.165) is 38.5 Å². The Hall–Kier alpha value is -0.810. The zero-order valence-electron chi connectivity index (χ0n) is 9.92. The molecule has 1 aromatic carbocycles. The second-order valence-electron chi connectivity index (χ2n) is 3.63. The van der Waals surface area contributed by atoms with Gasteiger partial charge in [0.05, 0.1) is 16.8 Å². The van der Waals surface area contributed by atoms with Crippen LogP contribution in [0.15, 0.2) is 16.6 Å². The maximum Gasteiger partial charge on any atom is 0.183 e. The van der Waals surface area contributed by atoms with Gasteiger partial charge in [-0.3, -0.25) is 0 Å². The van der Waals surface area contributed by atoms with Crippen molar-refractivity contribution < 1.29 is 4.74 Å². The zero-order valence-corrected chi connectivity index (χ0v) is 12.3. The number of aromatic nitrogens is 1. The molecule has 1 aromatic heterocycles. The lowest BCUT2D eigenvalue weighted by Crippen LogP contribution is -1.98. The molecule has 2 rings (SSSR count). The van der Waals surface area contributed by atoms with Crippen LogP contribution >= 0.6 is 27.3 Å². The Morgan fingerprint density at radius 1 is 1.41 bits per heavy atom. The summed E-state index contributed by atoms with van der Waals surface area (Å²) in [5, 5.41) is 4.28. The van der Waals surface area contributed by atoms with Gasteiger partial charge >= 0.3 is 0 Å². The summed E-state index contributed by atoms with van der Waals surface area (Å²) < 4.78 is 7.64. The van der Waals surface area contributed by atoms with E-state index >= 15 is 0 Å². The number of halogens is 1. The fraction of sp³-hybridized carbons (Fsp3) is 0.417. The Morgan fingerprint density at radius 2 is 2.24 bits per heavy atom. The molecule has 0 bridgehead atoms. The molecule has 17 heavy (non-hydrogen) atoms. The molecule has 0 aliphatic carbocycles. The standard InChI is InChI=1S/C12H15BrN2OS/c1-3-5-14-12-15-11-9(13)6-8(16-4-2)7-10(11)17-12/h6-7H,3-5H2,1-2H3,(H,14,15). The molecule has 0 aliphatic heterocycles. The normalized spacial score (nSPS) is 10.8. The lowest BCUT2D eigenvalue weighted by Gasteiger charge is -2.02. The van der Waals surface area contributed by atoms with Crippen LogP contribution in [0.5, 0.6) is 5.75 Å². The Balaban J connectivity index is 2.35. The van der Waals surface area contributed by atoms with Gasteiger partial charge in [-0.2, -0.15) is 0 Å². The number of nitrogens with one attached hydrogen (secondary N) is 1. The van der Waals surface area contributed by atoms with Crippen molar-refractivity contribution in [3.63, 3.8) is 0 Å². The minimum atomic E-state index is 0.678. The lowest BCUT2D eigenvalue weighted by atomic mass is 10.3. The third kappa shape index (κ3) is 2.90. The molecule has 0 radical (unpaired) electrons. The first-order chi connectivity index (χ1) is 8.24. The highest BCUT2D eigenvalue weighted by molar-refractivity contribution is 9.10. The summed E-state index contributed by atoms with van der Waals surface area (Å²) in [5.74, 6) is 0.887. The predicted molar refractivity (Wildman–Crippen MR) is 77.3 cm³/mol. The average molecular weight is 315 g/mol. The monoisotopic (exact) mass is 314 g/mol. The minimum absolute atomic E-state index is 0.678. The van der Waals surface area contributed by atoms with Gasteiger partial charge in [0.25, 0.3) is 0 Å². The summed E-state index contributed by atoms with van der Waals surface area (Å²) >= 11 is 5.19. The van der Waals surface area contributed by atoms with Gasteiger partial charge in [0.1, 0.15) is 5.75 Å². The van der Waals surface area contributed by atoms with Crippen molar-refractivity contribution in [1.29, 1.82) is 0 Å². The van der Waals surface area contributed by atoms with Crippen LogP contribution in [0.25, 0.3) is 10.2 Å². The fourth-order valence-electron chi connectivity index (χ4n) is 1.52. The Bertz CT molecular complexity index is 512. The molecule has 0 spiro atoms. The van der Waals surface area contributed by atoms with Crippen LogP contribution in [0.2, 0.25) is 0 Å². The molecule has 0 fully saturated rings. The van der Waals surface area contributed by atoms with E-state index in [0.29, 0.717) is 6.61 Å². The SMILES string of the molecule is CCCNc1nc2c(Br)cc(OCC)cc2s1. The van der Waals surface area contributed by atoms with Crippen molar-refractivity contribution in [2.24, 2.45) is 0 Å². The summed E-state index contributed by atoms with van der Waals surface area (Å²) in [6.07, 6.45) is 1.10. The van der Waals surface area contributed by atoms with Gasteiger partial charge in [0.2, 0.25) is 0 Å². The van der Waals surface area contributed by atoms with E-state index in [1.165, 1.54) is 0 Å². The van der Waals surface area contributed by atoms with Gasteiger partial charge in [-0.15, -0.1) is 0 Å².